The maximum absolute atomic E-state index is 12.9. The lowest BCUT2D eigenvalue weighted by Crippen LogP contribution is -2.37. The molecule has 1 amide bonds. The number of aryl methyl sites for hydroxylation is 1. The minimum absolute atomic E-state index is 0.0108. The summed E-state index contributed by atoms with van der Waals surface area (Å²) in [5.41, 5.74) is 0.457. The average molecular weight is 579 g/mol. The van der Waals surface area contributed by atoms with Crippen molar-refractivity contribution >= 4 is 48.7 Å². The van der Waals surface area contributed by atoms with E-state index in [9.17, 15) is 31.7 Å². The van der Waals surface area contributed by atoms with Gasteiger partial charge in [-0.05, 0) is 48.9 Å². The van der Waals surface area contributed by atoms with E-state index in [-0.39, 0.29) is 33.4 Å². The Bertz CT molecular complexity index is 1610. The molecule has 0 aliphatic rings. The molecule has 13 nitrogen and oxygen atoms in total. The van der Waals surface area contributed by atoms with Crippen LogP contribution in [-0.2, 0) is 24.8 Å². The summed E-state index contributed by atoms with van der Waals surface area (Å²) in [5.74, 6) is -0.0239. The van der Waals surface area contributed by atoms with Crippen LogP contribution in [0.15, 0.2) is 65.6 Å². The molecule has 0 fully saturated rings. The molecule has 0 aliphatic heterocycles. The molecule has 3 rings (SSSR count). The van der Waals surface area contributed by atoms with Gasteiger partial charge in [0.1, 0.15) is 18.0 Å². The van der Waals surface area contributed by atoms with Gasteiger partial charge in [0.15, 0.2) is 0 Å². The molecule has 0 aromatic heterocycles. The number of hydrogen-bond donors (Lipinski definition) is 2. The molecular formula is C24H26N4O9S2. The zero-order chi connectivity index (χ0) is 29.0. The molecule has 0 saturated heterocycles. The van der Waals surface area contributed by atoms with Gasteiger partial charge in [0, 0.05) is 23.9 Å². The van der Waals surface area contributed by atoms with Gasteiger partial charge in [-0.15, -0.1) is 0 Å². The quantitative estimate of drug-likeness (QED) is 0.256. The molecule has 0 atom stereocenters. The third kappa shape index (κ3) is 7.14. The first-order valence-corrected chi connectivity index (χ1v) is 14.5. The lowest BCUT2D eigenvalue weighted by atomic mass is 10.2. The molecule has 208 valence electrons. The van der Waals surface area contributed by atoms with E-state index >= 15 is 0 Å². The van der Waals surface area contributed by atoms with Gasteiger partial charge in [-0.1, -0.05) is 6.07 Å². The Hall–Kier alpha value is -4.37. The topological polar surface area (TPSA) is 174 Å². The maximum atomic E-state index is 12.9. The van der Waals surface area contributed by atoms with Gasteiger partial charge in [-0.2, -0.15) is 0 Å². The van der Waals surface area contributed by atoms with E-state index in [1.54, 1.807) is 13.0 Å². The first-order chi connectivity index (χ1) is 18.2. The van der Waals surface area contributed by atoms with Crippen molar-refractivity contribution in [2.24, 2.45) is 0 Å². The number of nitrogens with zero attached hydrogens (tertiary/aromatic N) is 2. The predicted molar refractivity (Wildman–Crippen MR) is 145 cm³/mol. The Morgan fingerprint density at radius 1 is 0.974 bits per heavy atom. The number of amides is 1. The predicted octanol–water partition coefficient (Wildman–Crippen LogP) is 3.13. The summed E-state index contributed by atoms with van der Waals surface area (Å²) in [6.45, 7) is 0.892. The molecule has 15 heteroatoms. The highest BCUT2D eigenvalue weighted by atomic mass is 32.2. The number of non-ortho nitro benzene ring substituents is 1. The summed E-state index contributed by atoms with van der Waals surface area (Å²) in [7, 11) is -5.17. The van der Waals surface area contributed by atoms with Crippen LogP contribution in [0.4, 0.5) is 22.7 Å². The number of rotatable bonds is 11. The second kappa shape index (κ2) is 11.6. The van der Waals surface area contributed by atoms with Crippen molar-refractivity contribution in [3.8, 4) is 11.5 Å². The van der Waals surface area contributed by atoms with E-state index < -0.39 is 37.4 Å². The molecule has 0 radical (unpaired) electrons. The van der Waals surface area contributed by atoms with E-state index in [1.165, 1.54) is 62.8 Å². The molecule has 0 aliphatic carbocycles. The summed E-state index contributed by atoms with van der Waals surface area (Å²) in [6.07, 6.45) is 0.878. The van der Waals surface area contributed by atoms with E-state index in [0.717, 1.165) is 16.6 Å². The van der Waals surface area contributed by atoms with Gasteiger partial charge in [0.2, 0.25) is 15.9 Å². The van der Waals surface area contributed by atoms with Crippen LogP contribution in [0, 0.1) is 17.0 Å². The number of methoxy groups -OCH3 is 2. The molecule has 0 bridgehead atoms. The molecule has 3 aromatic rings. The summed E-state index contributed by atoms with van der Waals surface area (Å²) in [6, 6.07) is 13.4. The van der Waals surface area contributed by atoms with E-state index in [0.29, 0.717) is 11.3 Å². The number of benzene rings is 3. The molecule has 2 N–H and O–H groups in total. The number of nitrogens with one attached hydrogen (secondary N) is 2. The number of nitro benzene ring substituents is 1. The number of nitro groups is 1. The second-order valence-corrected chi connectivity index (χ2v) is 11.8. The zero-order valence-electron chi connectivity index (χ0n) is 21.4. The van der Waals surface area contributed by atoms with Crippen molar-refractivity contribution in [1.29, 1.82) is 0 Å². The van der Waals surface area contributed by atoms with Crippen LogP contribution in [0.2, 0.25) is 0 Å². The Labute approximate surface area is 225 Å². The minimum Gasteiger partial charge on any atom is -0.497 e. The Balaban J connectivity index is 1.77. The smallest absolute Gasteiger partial charge is 0.271 e. The third-order valence-corrected chi connectivity index (χ3v) is 7.97. The minimum atomic E-state index is -4.03. The number of ether oxygens (including phenoxy) is 2. The highest BCUT2D eigenvalue weighted by Crippen LogP contribution is 2.31. The van der Waals surface area contributed by atoms with Gasteiger partial charge in [-0.3, -0.25) is 23.9 Å². The highest BCUT2D eigenvalue weighted by Gasteiger charge is 2.25. The van der Waals surface area contributed by atoms with Crippen molar-refractivity contribution in [2.45, 2.75) is 11.8 Å². The molecule has 0 spiro atoms. The highest BCUT2D eigenvalue weighted by molar-refractivity contribution is 7.92. The maximum Gasteiger partial charge on any atom is 0.271 e. The van der Waals surface area contributed by atoms with Crippen LogP contribution in [0.3, 0.4) is 0 Å². The van der Waals surface area contributed by atoms with E-state index in [1.807, 2.05) is 0 Å². The van der Waals surface area contributed by atoms with Gasteiger partial charge < -0.3 is 14.8 Å². The monoisotopic (exact) mass is 578 g/mol. The summed E-state index contributed by atoms with van der Waals surface area (Å²) >= 11 is 0. The average Bonchev–Trinajstić information content (AvgIpc) is 2.87. The Kier molecular flexibility index (Phi) is 8.66. The van der Waals surface area contributed by atoms with Crippen molar-refractivity contribution in [2.75, 3.05) is 41.4 Å². The number of hydrogen-bond acceptors (Lipinski definition) is 9. The normalized spacial score (nSPS) is 11.4. The van der Waals surface area contributed by atoms with Crippen molar-refractivity contribution < 1.29 is 36.0 Å². The lowest BCUT2D eigenvalue weighted by Gasteiger charge is -2.23. The van der Waals surface area contributed by atoms with E-state index in [4.69, 9.17) is 9.47 Å². The van der Waals surface area contributed by atoms with Crippen LogP contribution >= 0.6 is 0 Å². The fourth-order valence-electron chi connectivity index (χ4n) is 3.50. The van der Waals surface area contributed by atoms with Crippen LogP contribution in [0.1, 0.15) is 5.56 Å². The second-order valence-electron chi connectivity index (χ2n) is 8.24. The van der Waals surface area contributed by atoms with Gasteiger partial charge in [0.25, 0.3) is 15.7 Å². The van der Waals surface area contributed by atoms with Crippen molar-refractivity contribution in [1.82, 2.24) is 0 Å². The fourth-order valence-corrected chi connectivity index (χ4v) is 5.47. The largest absolute Gasteiger partial charge is 0.497 e. The summed E-state index contributed by atoms with van der Waals surface area (Å²) in [4.78, 5) is 23.1. The summed E-state index contributed by atoms with van der Waals surface area (Å²) < 4.78 is 64.1. The SMILES string of the molecule is COc1ccc(NS(=O)(=O)c2ccc(NC(=O)CN(c3cc([N+](=O)[O-])ccc3C)S(C)(=O)=O)cc2)c(OC)c1. The first-order valence-electron chi connectivity index (χ1n) is 11.1. The fraction of sp³-hybridized carbons (Fsp3) is 0.208. The third-order valence-electron chi connectivity index (χ3n) is 5.46. The molecule has 0 saturated carbocycles. The van der Waals surface area contributed by atoms with Crippen LogP contribution < -0.4 is 23.8 Å². The van der Waals surface area contributed by atoms with Gasteiger partial charge in [0.05, 0.1) is 41.7 Å². The standard InChI is InChI=1S/C24H26N4O9S2/c1-16-5-8-18(28(30)31)13-22(16)27(38(4,32)33)15-24(29)25-17-6-10-20(11-7-17)39(34,35)26-21-12-9-19(36-2)14-23(21)37-3/h5-14,26H,15H2,1-4H3,(H,25,29). The van der Waals surface area contributed by atoms with Crippen molar-refractivity contribution in [3.63, 3.8) is 0 Å². The molecule has 0 heterocycles. The summed E-state index contributed by atoms with van der Waals surface area (Å²) in [5, 5.41) is 13.7. The van der Waals surface area contributed by atoms with E-state index in [2.05, 4.69) is 10.0 Å². The lowest BCUT2D eigenvalue weighted by molar-refractivity contribution is -0.384. The van der Waals surface area contributed by atoms with Crippen LogP contribution in [-0.4, -0.2) is 54.7 Å². The number of anilines is 3. The van der Waals surface area contributed by atoms with Gasteiger partial charge in [-0.25, -0.2) is 16.8 Å². The van der Waals surface area contributed by atoms with Gasteiger partial charge >= 0.3 is 0 Å². The van der Waals surface area contributed by atoms with Crippen LogP contribution in [0.5, 0.6) is 11.5 Å². The molecular weight excluding hydrogens is 552 g/mol. The molecule has 39 heavy (non-hydrogen) atoms. The molecule has 3 aromatic carbocycles. The number of carbonyl (C=O) groups is 1. The Morgan fingerprint density at radius 3 is 2.21 bits per heavy atom. The Morgan fingerprint density at radius 2 is 1.64 bits per heavy atom. The number of carbonyl (C=O) groups excluding carboxylic acids is 1. The molecule has 0 unspecified atom stereocenters. The van der Waals surface area contributed by atoms with Crippen molar-refractivity contribution in [3.05, 3.63) is 76.3 Å². The first kappa shape index (κ1) is 29.2. The zero-order valence-corrected chi connectivity index (χ0v) is 23.0. The number of sulfonamides is 2. The van der Waals surface area contributed by atoms with Crippen LogP contribution in [0.25, 0.3) is 0 Å².